The monoisotopic (exact) mass is 578 g/mol. The molecule has 4 aromatic rings. The number of ether oxygens (including phenoxy) is 1. The summed E-state index contributed by atoms with van der Waals surface area (Å²) in [5.74, 6) is 3.43. The third-order valence-electron chi connectivity index (χ3n) is 11.6. The quantitative estimate of drug-likeness (QED) is 0.329. The summed E-state index contributed by atoms with van der Waals surface area (Å²) in [6, 6.07) is 14.1. The van der Waals surface area contributed by atoms with Crippen molar-refractivity contribution in [3.63, 3.8) is 0 Å². The third kappa shape index (κ3) is 3.95. The second-order valence-corrected chi connectivity index (χ2v) is 14.1. The van der Waals surface area contributed by atoms with Gasteiger partial charge in [0.25, 0.3) is 5.91 Å². The Balaban J connectivity index is 1.13. The third-order valence-corrected chi connectivity index (χ3v) is 11.6. The van der Waals surface area contributed by atoms with Gasteiger partial charge in [-0.25, -0.2) is 4.98 Å². The zero-order chi connectivity index (χ0) is 29.0. The summed E-state index contributed by atoms with van der Waals surface area (Å²) in [6.07, 6.45) is 8.61. The molecule has 2 aliphatic heterocycles. The Morgan fingerprint density at radius 3 is 2.58 bits per heavy atom. The Labute approximate surface area is 252 Å². The van der Waals surface area contributed by atoms with Crippen molar-refractivity contribution in [1.29, 1.82) is 0 Å². The van der Waals surface area contributed by atoms with Crippen LogP contribution in [0.5, 0.6) is 5.75 Å². The lowest BCUT2D eigenvalue weighted by molar-refractivity contribution is 0.0543. The van der Waals surface area contributed by atoms with Gasteiger partial charge in [0.15, 0.2) is 5.82 Å². The van der Waals surface area contributed by atoms with E-state index in [2.05, 4.69) is 45.3 Å². The molecule has 8 nitrogen and oxygen atoms in total. The number of hydrogen-bond acceptors (Lipinski definition) is 5. The molecule has 0 radical (unpaired) electrons. The number of para-hydroxylation sites is 1. The molecule has 2 bridgehead atoms. The summed E-state index contributed by atoms with van der Waals surface area (Å²) in [7, 11) is 3.77. The fraction of sp³-hybridized carbons (Fsp3) is 0.543. The SMILES string of the molecule is COc1cc(C(=O)N2C[C@H]3CC[C@@H]2[C@@H]3N)cc2nc(-c3cc4cccc(C5CC(N6CCC6)C5)c4n3CC3CC3)n(C)c12. The summed E-state index contributed by atoms with van der Waals surface area (Å²) in [5.41, 5.74) is 12.9. The number of piperidine rings is 1. The molecule has 0 spiro atoms. The molecule has 43 heavy (non-hydrogen) atoms. The van der Waals surface area contributed by atoms with Crippen LogP contribution >= 0.6 is 0 Å². The van der Waals surface area contributed by atoms with Crippen molar-refractivity contribution >= 4 is 27.8 Å². The molecule has 3 saturated carbocycles. The summed E-state index contributed by atoms with van der Waals surface area (Å²) in [5, 5.41) is 1.30. The van der Waals surface area contributed by atoms with Gasteiger partial charge in [-0.3, -0.25) is 4.79 Å². The van der Waals surface area contributed by atoms with Crippen LogP contribution in [0.25, 0.3) is 33.5 Å². The van der Waals surface area contributed by atoms with Gasteiger partial charge in [-0.2, -0.15) is 0 Å². The van der Waals surface area contributed by atoms with E-state index in [1.165, 1.54) is 61.7 Å². The number of carbonyl (C=O) groups is 1. The van der Waals surface area contributed by atoms with Crippen LogP contribution in [-0.2, 0) is 13.6 Å². The highest BCUT2D eigenvalue weighted by atomic mass is 16.5. The number of nitrogens with two attached hydrogens (primary N) is 1. The summed E-state index contributed by atoms with van der Waals surface area (Å²) < 4.78 is 10.6. The predicted octanol–water partition coefficient (Wildman–Crippen LogP) is 5.13. The van der Waals surface area contributed by atoms with Crippen LogP contribution in [0.1, 0.15) is 66.8 Å². The number of rotatable bonds is 7. The lowest BCUT2D eigenvalue weighted by Crippen LogP contribution is -2.50. The average Bonchev–Trinajstić information content (AvgIpc) is 3.35. The first-order valence-electron chi connectivity index (χ1n) is 16.5. The van der Waals surface area contributed by atoms with E-state index >= 15 is 0 Å². The molecular weight excluding hydrogens is 536 g/mol. The van der Waals surface area contributed by atoms with E-state index in [9.17, 15) is 4.79 Å². The van der Waals surface area contributed by atoms with Crippen LogP contribution in [0.3, 0.4) is 0 Å². The highest BCUT2D eigenvalue weighted by Gasteiger charge is 2.47. The van der Waals surface area contributed by atoms with Crippen LogP contribution in [0.4, 0.5) is 0 Å². The maximum Gasteiger partial charge on any atom is 0.254 e. The molecule has 2 aromatic carbocycles. The van der Waals surface area contributed by atoms with Crippen molar-refractivity contribution in [3.8, 4) is 17.3 Å². The van der Waals surface area contributed by atoms with Gasteiger partial charge in [0, 0.05) is 49.2 Å². The standard InChI is InChI=1S/C35H42N6O2/c1-38-33-27(15-24(17-30(33)43-2)35(42)41-19-22-9-10-28(41)31(22)36)37-34(38)29-16-21-5-3-6-26(32(21)40(29)18-20-7-8-20)23-13-25(14-23)39-11-4-12-39/h3,5-6,15-17,20,22-23,25,28,31H,4,7-14,18-19,36H2,1-2H3/t22-,23?,25?,28-,31-/m1/s1. The molecular formula is C35H42N6O2. The first-order valence-corrected chi connectivity index (χ1v) is 16.5. The number of fused-ring (bicyclic) bond motifs is 4. The van der Waals surface area contributed by atoms with Gasteiger partial charge >= 0.3 is 0 Å². The lowest BCUT2D eigenvalue weighted by Gasteiger charge is -2.47. The Kier molecular flexibility index (Phi) is 5.80. The molecule has 5 fully saturated rings. The average molecular weight is 579 g/mol. The van der Waals surface area contributed by atoms with Crippen LogP contribution in [0, 0.1) is 11.8 Å². The van der Waals surface area contributed by atoms with Crippen molar-refractivity contribution in [1.82, 2.24) is 23.9 Å². The van der Waals surface area contributed by atoms with Gasteiger partial charge in [0.1, 0.15) is 11.3 Å². The molecule has 2 N–H and O–H groups in total. The molecule has 3 aliphatic carbocycles. The van der Waals surface area contributed by atoms with Gasteiger partial charge in [0.05, 0.1) is 23.8 Å². The number of likely N-dealkylation sites (tertiary alicyclic amines) is 2. The molecule has 4 heterocycles. The van der Waals surface area contributed by atoms with E-state index in [1.54, 1.807) is 7.11 Å². The number of hydrogen-bond donors (Lipinski definition) is 1. The number of amides is 1. The molecule has 8 heteroatoms. The van der Waals surface area contributed by atoms with Crippen molar-refractivity contribution in [2.75, 3.05) is 26.7 Å². The van der Waals surface area contributed by atoms with Crippen molar-refractivity contribution in [3.05, 3.63) is 47.5 Å². The van der Waals surface area contributed by atoms with Crippen molar-refractivity contribution in [2.24, 2.45) is 24.6 Å². The predicted molar refractivity (Wildman–Crippen MR) is 168 cm³/mol. The van der Waals surface area contributed by atoms with E-state index in [-0.39, 0.29) is 18.0 Å². The normalized spacial score (nSPS) is 28.5. The minimum atomic E-state index is 0.0413. The number of carbonyl (C=O) groups excluding carboxylic acids is 1. The largest absolute Gasteiger partial charge is 0.494 e. The van der Waals surface area contributed by atoms with E-state index in [1.807, 2.05) is 17.0 Å². The zero-order valence-corrected chi connectivity index (χ0v) is 25.3. The number of benzene rings is 2. The molecule has 2 saturated heterocycles. The Hall–Kier alpha value is -3.36. The Bertz CT molecular complexity index is 1760. The topological polar surface area (TPSA) is 81.6 Å². The number of aryl methyl sites for hydroxylation is 1. The van der Waals surface area contributed by atoms with Gasteiger partial charge in [-0.15, -0.1) is 0 Å². The van der Waals surface area contributed by atoms with Crippen LogP contribution in [0.15, 0.2) is 36.4 Å². The summed E-state index contributed by atoms with van der Waals surface area (Å²) >= 11 is 0. The molecule has 0 unspecified atom stereocenters. The van der Waals surface area contributed by atoms with Gasteiger partial charge in [-0.05, 0) is 99.6 Å². The molecule has 2 aromatic heterocycles. The van der Waals surface area contributed by atoms with E-state index in [0.717, 1.165) is 60.4 Å². The molecule has 5 aliphatic rings. The molecule has 9 rings (SSSR count). The minimum absolute atomic E-state index is 0.0413. The molecule has 3 atom stereocenters. The lowest BCUT2D eigenvalue weighted by atomic mass is 9.74. The minimum Gasteiger partial charge on any atom is -0.494 e. The highest BCUT2D eigenvalue weighted by Crippen LogP contribution is 2.46. The summed E-state index contributed by atoms with van der Waals surface area (Å²) in [4.78, 5) is 23.6. The summed E-state index contributed by atoms with van der Waals surface area (Å²) in [6.45, 7) is 4.34. The van der Waals surface area contributed by atoms with Crippen LogP contribution in [-0.4, -0.2) is 74.7 Å². The zero-order valence-electron chi connectivity index (χ0n) is 25.3. The number of aromatic nitrogens is 3. The van der Waals surface area contributed by atoms with E-state index in [0.29, 0.717) is 23.1 Å². The van der Waals surface area contributed by atoms with Crippen molar-refractivity contribution < 1.29 is 9.53 Å². The second kappa shape index (κ2) is 9.57. The number of nitrogens with zero attached hydrogens (tertiary/aromatic N) is 5. The first-order chi connectivity index (χ1) is 21.0. The van der Waals surface area contributed by atoms with Crippen LogP contribution in [0.2, 0.25) is 0 Å². The van der Waals surface area contributed by atoms with Crippen molar-refractivity contribution in [2.45, 2.75) is 75.5 Å². The fourth-order valence-corrected chi connectivity index (χ4v) is 8.73. The van der Waals surface area contributed by atoms with E-state index in [4.69, 9.17) is 15.5 Å². The maximum atomic E-state index is 13.8. The highest BCUT2D eigenvalue weighted by molar-refractivity contribution is 6.00. The maximum absolute atomic E-state index is 13.8. The molecule has 224 valence electrons. The van der Waals surface area contributed by atoms with Gasteiger partial charge in [-0.1, -0.05) is 18.2 Å². The first kappa shape index (κ1) is 26.1. The van der Waals surface area contributed by atoms with Gasteiger partial charge in [0.2, 0.25) is 0 Å². The molecule has 1 amide bonds. The Morgan fingerprint density at radius 2 is 1.91 bits per heavy atom. The van der Waals surface area contributed by atoms with Gasteiger partial charge < -0.3 is 29.4 Å². The van der Waals surface area contributed by atoms with Crippen LogP contribution < -0.4 is 10.5 Å². The fourth-order valence-electron chi connectivity index (χ4n) is 8.73. The number of imidazole rings is 1. The second-order valence-electron chi connectivity index (χ2n) is 14.1. The van der Waals surface area contributed by atoms with E-state index < -0.39 is 0 Å². The Morgan fingerprint density at radius 1 is 1.07 bits per heavy atom. The number of methoxy groups -OCH3 is 1. The smallest absolute Gasteiger partial charge is 0.254 e.